The van der Waals surface area contributed by atoms with Crippen molar-refractivity contribution in [2.45, 2.75) is 70.0 Å². The fourth-order valence-electron chi connectivity index (χ4n) is 5.58. The molecule has 198 valence electrons. The van der Waals surface area contributed by atoms with Gasteiger partial charge in [-0.05, 0) is 68.1 Å². The smallest absolute Gasteiger partial charge is 0.246 e. The molecule has 1 aliphatic rings. The second-order valence-electron chi connectivity index (χ2n) is 10.4. The summed E-state index contributed by atoms with van der Waals surface area (Å²) < 4.78 is 23.7. The molecule has 1 saturated heterocycles. The van der Waals surface area contributed by atoms with Gasteiger partial charge in [0, 0.05) is 42.7 Å². The second kappa shape index (κ2) is 12.1. The standard InChI is InChI=1S/C28H37FN4O3Si/c1-21-26(14-11-22-9-12-25(13-10-22)33(20-35)24-7-5-4-6-8-24)36-27(28(21)37(2,3)29)15-17-32-19-23(16-18-34)30-31-32/h4-10,12-13,19-21,26-28,34H,11,14-18H2,1-3H3/t21-,26+,27-,28+/m1/s1. The Morgan fingerprint density at radius 2 is 1.76 bits per heavy atom. The van der Waals surface area contributed by atoms with Crippen molar-refractivity contribution in [3.8, 4) is 0 Å². The predicted octanol–water partition coefficient (Wildman–Crippen LogP) is 5.08. The number of carbonyl (C=O) groups is 1. The molecule has 7 nitrogen and oxygen atoms in total. The van der Waals surface area contributed by atoms with Crippen LogP contribution < -0.4 is 4.90 Å². The van der Waals surface area contributed by atoms with E-state index in [1.807, 2.05) is 60.8 Å². The third-order valence-electron chi connectivity index (χ3n) is 7.36. The maximum atomic E-state index is 15.4. The first-order chi connectivity index (χ1) is 17.8. The van der Waals surface area contributed by atoms with Crippen LogP contribution >= 0.6 is 0 Å². The molecule has 0 saturated carbocycles. The normalized spacial score (nSPS) is 21.8. The van der Waals surface area contributed by atoms with Gasteiger partial charge in [-0.1, -0.05) is 42.5 Å². The molecule has 1 aliphatic heterocycles. The van der Waals surface area contributed by atoms with Crippen LogP contribution in [0.1, 0.15) is 31.0 Å². The Bertz CT molecular complexity index is 1140. The Balaban J connectivity index is 1.37. The third-order valence-corrected chi connectivity index (χ3v) is 9.85. The van der Waals surface area contributed by atoms with Gasteiger partial charge in [0.1, 0.15) is 0 Å². The van der Waals surface area contributed by atoms with Crippen molar-refractivity contribution in [1.29, 1.82) is 0 Å². The predicted molar refractivity (Wildman–Crippen MR) is 145 cm³/mol. The van der Waals surface area contributed by atoms with Crippen LogP contribution in [-0.4, -0.2) is 53.7 Å². The minimum Gasteiger partial charge on any atom is -0.396 e. The molecular weight excluding hydrogens is 487 g/mol. The van der Waals surface area contributed by atoms with E-state index < -0.39 is 8.41 Å². The molecule has 0 aliphatic carbocycles. The molecule has 4 rings (SSSR count). The number of hydrogen-bond acceptors (Lipinski definition) is 5. The van der Waals surface area contributed by atoms with Crippen LogP contribution in [0.25, 0.3) is 0 Å². The molecule has 2 heterocycles. The summed E-state index contributed by atoms with van der Waals surface area (Å²) >= 11 is 0. The number of aliphatic hydroxyl groups is 1. The number of para-hydroxylation sites is 1. The van der Waals surface area contributed by atoms with Gasteiger partial charge in [-0.3, -0.25) is 14.4 Å². The van der Waals surface area contributed by atoms with Gasteiger partial charge in [0.05, 0.1) is 17.9 Å². The van der Waals surface area contributed by atoms with E-state index in [-0.39, 0.29) is 30.3 Å². The first kappa shape index (κ1) is 27.2. The largest absolute Gasteiger partial charge is 0.396 e. The summed E-state index contributed by atoms with van der Waals surface area (Å²) in [6.07, 6.45) is 5.32. The topological polar surface area (TPSA) is 80.5 Å². The number of hydrogen-bond donors (Lipinski definition) is 1. The summed E-state index contributed by atoms with van der Waals surface area (Å²) in [5.41, 5.74) is 3.48. The highest BCUT2D eigenvalue weighted by Gasteiger charge is 2.50. The zero-order valence-corrected chi connectivity index (χ0v) is 22.8. The van der Waals surface area contributed by atoms with E-state index in [2.05, 4.69) is 17.2 Å². The summed E-state index contributed by atoms with van der Waals surface area (Å²) in [7, 11) is -2.94. The molecule has 1 aromatic heterocycles. The molecule has 1 fully saturated rings. The van der Waals surface area contributed by atoms with Gasteiger partial charge < -0.3 is 14.0 Å². The summed E-state index contributed by atoms with van der Waals surface area (Å²) in [6.45, 7) is 6.35. The maximum Gasteiger partial charge on any atom is 0.246 e. The van der Waals surface area contributed by atoms with E-state index in [1.165, 1.54) is 0 Å². The van der Waals surface area contributed by atoms with Gasteiger partial charge in [0.15, 0.2) is 0 Å². The fourth-order valence-corrected chi connectivity index (χ4v) is 8.17. The number of nitrogens with zero attached hydrogens (tertiary/aromatic N) is 4. The lowest BCUT2D eigenvalue weighted by Gasteiger charge is -2.28. The number of aromatic nitrogens is 3. The maximum absolute atomic E-state index is 15.4. The van der Waals surface area contributed by atoms with Crippen molar-refractivity contribution in [3.05, 3.63) is 72.1 Å². The summed E-state index contributed by atoms with van der Waals surface area (Å²) in [5, 5.41) is 17.3. The average Bonchev–Trinajstić information content (AvgIpc) is 3.47. The number of amides is 1. The van der Waals surface area contributed by atoms with E-state index in [0.717, 1.165) is 41.9 Å². The molecule has 0 unspecified atom stereocenters. The van der Waals surface area contributed by atoms with Crippen molar-refractivity contribution in [2.75, 3.05) is 11.5 Å². The summed E-state index contributed by atoms with van der Waals surface area (Å²) in [5.74, 6) is 0.139. The Morgan fingerprint density at radius 1 is 1.05 bits per heavy atom. The Labute approximate surface area is 219 Å². The summed E-state index contributed by atoms with van der Waals surface area (Å²) in [6, 6.07) is 17.6. The van der Waals surface area contributed by atoms with E-state index in [4.69, 9.17) is 9.84 Å². The number of halogens is 1. The zero-order chi connectivity index (χ0) is 26.4. The highest BCUT2D eigenvalue weighted by molar-refractivity contribution is 6.72. The van der Waals surface area contributed by atoms with Gasteiger partial charge >= 0.3 is 0 Å². The number of anilines is 2. The third kappa shape index (κ3) is 6.71. The molecule has 1 N–H and O–H groups in total. The first-order valence-corrected chi connectivity index (χ1v) is 16.0. The molecule has 0 radical (unpaired) electrons. The number of carbonyl (C=O) groups excluding carboxylic acids is 1. The molecular formula is C28H37FN4O3Si. The van der Waals surface area contributed by atoms with Crippen LogP contribution in [0.15, 0.2) is 60.8 Å². The fraction of sp³-hybridized carbons (Fsp3) is 0.464. The monoisotopic (exact) mass is 524 g/mol. The highest BCUT2D eigenvalue weighted by Crippen LogP contribution is 2.47. The van der Waals surface area contributed by atoms with Gasteiger partial charge in [0.25, 0.3) is 0 Å². The number of ether oxygens (including phenoxy) is 1. The zero-order valence-electron chi connectivity index (χ0n) is 21.8. The minimum absolute atomic E-state index is 0.00584. The molecule has 37 heavy (non-hydrogen) atoms. The summed E-state index contributed by atoms with van der Waals surface area (Å²) in [4.78, 5) is 13.3. The molecule has 0 spiro atoms. The molecule has 0 bridgehead atoms. The van der Waals surface area contributed by atoms with Crippen LogP contribution in [0.3, 0.4) is 0 Å². The molecule has 2 aromatic carbocycles. The average molecular weight is 525 g/mol. The van der Waals surface area contributed by atoms with Crippen molar-refractivity contribution in [3.63, 3.8) is 0 Å². The SMILES string of the molecule is C[C@H]1[C@H]([Si](C)(C)F)[C@@H](CCn2cc(CCO)nn2)O[C@H]1CCc1ccc(N(C=O)c2ccccc2)cc1. The van der Waals surface area contributed by atoms with E-state index >= 15 is 4.11 Å². The van der Waals surface area contributed by atoms with Crippen LogP contribution in [0.5, 0.6) is 0 Å². The number of benzene rings is 2. The number of rotatable bonds is 12. The van der Waals surface area contributed by atoms with Gasteiger partial charge in [-0.15, -0.1) is 5.10 Å². The Kier molecular flexibility index (Phi) is 8.89. The number of aliphatic hydroxyl groups excluding tert-OH is 1. The minimum atomic E-state index is -2.94. The van der Waals surface area contributed by atoms with Crippen LogP contribution in [0.2, 0.25) is 18.6 Å². The lowest BCUT2D eigenvalue weighted by atomic mass is 9.95. The molecule has 1 amide bonds. The van der Waals surface area contributed by atoms with Gasteiger partial charge in [0.2, 0.25) is 14.8 Å². The van der Waals surface area contributed by atoms with Crippen LogP contribution in [-0.2, 0) is 28.9 Å². The molecule has 9 heteroatoms. The quantitative estimate of drug-likeness (QED) is 0.203. The Hall–Kier alpha value is -2.88. The van der Waals surface area contributed by atoms with Crippen LogP contribution in [0, 0.1) is 5.92 Å². The van der Waals surface area contributed by atoms with Crippen molar-refractivity contribution in [2.24, 2.45) is 5.92 Å². The highest BCUT2D eigenvalue weighted by atomic mass is 28.4. The lowest BCUT2D eigenvalue weighted by molar-refractivity contribution is -0.106. The van der Waals surface area contributed by atoms with Crippen LogP contribution in [0.4, 0.5) is 15.5 Å². The van der Waals surface area contributed by atoms with Crippen molar-refractivity contribution in [1.82, 2.24) is 15.0 Å². The van der Waals surface area contributed by atoms with E-state index in [9.17, 15) is 4.79 Å². The second-order valence-corrected chi connectivity index (χ2v) is 14.2. The van der Waals surface area contributed by atoms with E-state index in [1.54, 1.807) is 22.7 Å². The number of aryl methyl sites for hydroxylation is 2. The van der Waals surface area contributed by atoms with Crippen molar-refractivity contribution < 1.29 is 18.7 Å². The van der Waals surface area contributed by atoms with E-state index in [0.29, 0.717) is 19.4 Å². The first-order valence-electron chi connectivity index (χ1n) is 13.0. The lowest BCUT2D eigenvalue weighted by Crippen LogP contribution is -2.36. The molecule has 3 aromatic rings. The molecule has 4 atom stereocenters. The Morgan fingerprint density at radius 3 is 2.41 bits per heavy atom. The van der Waals surface area contributed by atoms with Gasteiger partial charge in [-0.25, -0.2) is 0 Å². The van der Waals surface area contributed by atoms with Gasteiger partial charge in [-0.2, -0.15) is 0 Å². The van der Waals surface area contributed by atoms with Crippen molar-refractivity contribution >= 4 is 26.2 Å².